The van der Waals surface area contributed by atoms with Crippen molar-refractivity contribution in [1.29, 1.82) is 0 Å². The maximum absolute atomic E-state index is 12.2. The van der Waals surface area contributed by atoms with E-state index < -0.39 is 7.60 Å². The number of hydrogen-bond acceptors (Lipinski definition) is 6. The van der Waals surface area contributed by atoms with Crippen molar-refractivity contribution in [2.24, 2.45) is 0 Å². The third-order valence-corrected chi connectivity index (χ3v) is 4.37. The summed E-state index contributed by atoms with van der Waals surface area (Å²) in [5.41, 5.74) is 0. The summed E-state index contributed by atoms with van der Waals surface area (Å²) in [5, 5.41) is 3.11. The molecule has 0 bridgehead atoms. The molecule has 0 amide bonds. The zero-order valence-electron chi connectivity index (χ0n) is 13.2. The molecule has 1 N–H and O–H groups in total. The zero-order valence-corrected chi connectivity index (χ0v) is 14.1. The van der Waals surface area contributed by atoms with Crippen molar-refractivity contribution in [2.45, 2.75) is 46.8 Å². The average Bonchev–Trinajstić information content (AvgIpc) is 2.39. The van der Waals surface area contributed by atoms with Crippen LogP contribution >= 0.6 is 7.60 Å². The standard InChI is InChI=1S/C13H30NO5P/c1-5-16-13(17-6-2)10-9-11-14-12-20(15,18-7-3)19-8-4/h13-14H,5-12H2,1-4H3. The van der Waals surface area contributed by atoms with E-state index in [4.69, 9.17) is 18.5 Å². The average molecular weight is 311 g/mol. The van der Waals surface area contributed by atoms with Crippen molar-refractivity contribution in [3.63, 3.8) is 0 Å². The lowest BCUT2D eigenvalue weighted by molar-refractivity contribution is -0.139. The number of ether oxygens (including phenoxy) is 2. The van der Waals surface area contributed by atoms with Crippen molar-refractivity contribution in [3.8, 4) is 0 Å². The van der Waals surface area contributed by atoms with Crippen LogP contribution in [0.5, 0.6) is 0 Å². The van der Waals surface area contributed by atoms with Gasteiger partial charge in [-0.25, -0.2) is 0 Å². The molecule has 0 rings (SSSR count). The molecule has 6 nitrogen and oxygen atoms in total. The normalized spacial score (nSPS) is 12.2. The lowest BCUT2D eigenvalue weighted by Gasteiger charge is -2.19. The second kappa shape index (κ2) is 12.7. The van der Waals surface area contributed by atoms with Gasteiger partial charge in [-0.15, -0.1) is 0 Å². The Morgan fingerprint density at radius 2 is 1.50 bits per heavy atom. The molecule has 0 saturated heterocycles. The van der Waals surface area contributed by atoms with Crippen molar-refractivity contribution in [3.05, 3.63) is 0 Å². The molecule has 0 heterocycles. The van der Waals surface area contributed by atoms with Gasteiger partial charge in [0.15, 0.2) is 6.29 Å². The predicted octanol–water partition coefficient (Wildman–Crippen LogP) is 2.98. The monoisotopic (exact) mass is 311 g/mol. The summed E-state index contributed by atoms with van der Waals surface area (Å²) in [6.45, 7) is 10.3. The molecule has 0 atom stereocenters. The predicted molar refractivity (Wildman–Crippen MR) is 80.0 cm³/mol. The molecule has 0 aliphatic heterocycles. The smallest absolute Gasteiger partial charge is 0.344 e. The van der Waals surface area contributed by atoms with E-state index in [0.29, 0.717) is 26.4 Å². The summed E-state index contributed by atoms with van der Waals surface area (Å²) in [4.78, 5) is 0. The van der Waals surface area contributed by atoms with E-state index in [1.165, 1.54) is 0 Å². The summed E-state index contributed by atoms with van der Waals surface area (Å²) in [5.74, 6) is 0. The van der Waals surface area contributed by atoms with Gasteiger partial charge in [0, 0.05) is 13.2 Å². The van der Waals surface area contributed by atoms with E-state index in [1.807, 2.05) is 13.8 Å². The Morgan fingerprint density at radius 1 is 0.950 bits per heavy atom. The Bertz CT molecular complexity index is 249. The molecule has 0 radical (unpaired) electrons. The van der Waals surface area contributed by atoms with Crippen LogP contribution in [0.1, 0.15) is 40.5 Å². The molecule has 20 heavy (non-hydrogen) atoms. The fraction of sp³-hybridized carbons (Fsp3) is 1.00. The van der Waals surface area contributed by atoms with Gasteiger partial charge < -0.3 is 23.8 Å². The first-order valence-electron chi connectivity index (χ1n) is 7.43. The van der Waals surface area contributed by atoms with Gasteiger partial charge in [-0.2, -0.15) is 0 Å². The van der Waals surface area contributed by atoms with Crippen LogP contribution in [0.3, 0.4) is 0 Å². The van der Waals surface area contributed by atoms with E-state index in [1.54, 1.807) is 13.8 Å². The molecule has 0 aliphatic rings. The van der Waals surface area contributed by atoms with Gasteiger partial charge in [-0.05, 0) is 47.1 Å². The SMILES string of the molecule is CCOC(CCCNCP(=O)(OCC)OCC)OCC. The summed E-state index contributed by atoms with van der Waals surface area (Å²) in [7, 11) is -2.98. The molecule has 0 spiro atoms. The van der Waals surface area contributed by atoms with E-state index in [-0.39, 0.29) is 12.6 Å². The van der Waals surface area contributed by atoms with Crippen LogP contribution in [0.15, 0.2) is 0 Å². The zero-order chi connectivity index (χ0) is 15.3. The highest BCUT2D eigenvalue weighted by Gasteiger charge is 2.22. The first kappa shape index (κ1) is 20.0. The van der Waals surface area contributed by atoms with Crippen LogP contribution in [-0.4, -0.2) is 45.5 Å². The summed E-state index contributed by atoms with van der Waals surface area (Å²) in [6.07, 6.45) is 1.77. The molecule has 0 saturated carbocycles. The molecule has 0 aliphatic carbocycles. The summed E-state index contributed by atoms with van der Waals surface area (Å²) in [6, 6.07) is 0. The molecular weight excluding hydrogens is 281 g/mol. The largest absolute Gasteiger partial charge is 0.353 e. The summed E-state index contributed by atoms with van der Waals surface area (Å²) >= 11 is 0. The Morgan fingerprint density at radius 3 is 1.95 bits per heavy atom. The van der Waals surface area contributed by atoms with Gasteiger partial charge in [-0.1, -0.05) is 0 Å². The minimum Gasteiger partial charge on any atom is -0.353 e. The minimum absolute atomic E-state index is 0.155. The molecule has 122 valence electrons. The molecule has 0 unspecified atom stereocenters. The van der Waals surface area contributed by atoms with Crippen LogP contribution < -0.4 is 5.32 Å². The third kappa shape index (κ3) is 9.86. The topological polar surface area (TPSA) is 66.0 Å². The van der Waals surface area contributed by atoms with E-state index in [9.17, 15) is 4.57 Å². The lowest BCUT2D eigenvalue weighted by atomic mass is 10.3. The van der Waals surface area contributed by atoms with Gasteiger partial charge in [0.1, 0.15) is 0 Å². The van der Waals surface area contributed by atoms with E-state index in [0.717, 1.165) is 19.4 Å². The maximum Gasteiger partial charge on any atom is 0.344 e. The van der Waals surface area contributed by atoms with Crippen molar-refractivity contribution < 1.29 is 23.1 Å². The van der Waals surface area contributed by atoms with Gasteiger partial charge in [0.25, 0.3) is 0 Å². The Balaban J connectivity index is 3.84. The first-order valence-corrected chi connectivity index (χ1v) is 9.16. The van der Waals surface area contributed by atoms with Crippen LogP contribution in [0.2, 0.25) is 0 Å². The van der Waals surface area contributed by atoms with Gasteiger partial charge in [0.2, 0.25) is 0 Å². The number of rotatable bonds is 14. The second-order valence-electron chi connectivity index (χ2n) is 4.09. The van der Waals surface area contributed by atoms with Crippen LogP contribution in [0.25, 0.3) is 0 Å². The molecule has 0 aromatic rings. The molecule has 0 fully saturated rings. The maximum atomic E-state index is 12.2. The van der Waals surface area contributed by atoms with Crippen molar-refractivity contribution >= 4 is 7.60 Å². The highest BCUT2D eigenvalue weighted by molar-refractivity contribution is 7.53. The fourth-order valence-corrected chi connectivity index (χ4v) is 3.19. The highest BCUT2D eigenvalue weighted by Crippen LogP contribution is 2.46. The van der Waals surface area contributed by atoms with Crippen molar-refractivity contribution in [1.82, 2.24) is 5.32 Å². The molecule has 0 aromatic heterocycles. The minimum atomic E-state index is -2.98. The first-order chi connectivity index (χ1) is 9.61. The van der Waals surface area contributed by atoms with Crippen LogP contribution in [0, 0.1) is 0 Å². The Kier molecular flexibility index (Phi) is 12.8. The molecular formula is C13H30NO5P. The van der Waals surface area contributed by atoms with E-state index in [2.05, 4.69) is 5.32 Å². The molecule has 7 heteroatoms. The van der Waals surface area contributed by atoms with Gasteiger partial charge in [-0.3, -0.25) is 4.57 Å². The van der Waals surface area contributed by atoms with Gasteiger partial charge >= 0.3 is 7.60 Å². The second-order valence-corrected chi connectivity index (χ2v) is 6.14. The van der Waals surface area contributed by atoms with Crippen LogP contribution in [-0.2, 0) is 23.1 Å². The summed E-state index contributed by atoms with van der Waals surface area (Å²) < 4.78 is 33.5. The van der Waals surface area contributed by atoms with E-state index >= 15 is 0 Å². The quantitative estimate of drug-likeness (QED) is 0.302. The Hall–Kier alpha value is 0.0300. The Labute approximate surface area is 123 Å². The fourth-order valence-electron chi connectivity index (χ4n) is 1.72. The van der Waals surface area contributed by atoms with Crippen molar-refractivity contribution in [2.75, 3.05) is 39.3 Å². The highest BCUT2D eigenvalue weighted by atomic mass is 31.2. The van der Waals surface area contributed by atoms with Crippen LogP contribution in [0.4, 0.5) is 0 Å². The third-order valence-electron chi connectivity index (χ3n) is 2.46. The van der Waals surface area contributed by atoms with Gasteiger partial charge in [0.05, 0.1) is 19.5 Å². The number of nitrogens with one attached hydrogen (secondary N) is 1. The lowest BCUT2D eigenvalue weighted by Crippen LogP contribution is -2.22. The molecule has 0 aromatic carbocycles. The number of hydrogen-bond donors (Lipinski definition) is 1.